The van der Waals surface area contributed by atoms with Crippen LogP contribution in [0.2, 0.25) is 0 Å². The van der Waals surface area contributed by atoms with E-state index in [0.717, 1.165) is 12.8 Å². The second-order valence-electron chi connectivity index (χ2n) is 8.62. The number of amides is 2. The van der Waals surface area contributed by atoms with Gasteiger partial charge in [-0.1, -0.05) is 13.8 Å². The fourth-order valence-electron chi connectivity index (χ4n) is 3.93. The van der Waals surface area contributed by atoms with Crippen molar-refractivity contribution in [2.75, 3.05) is 5.75 Å². The topological polar surface area (TPSA) is 92.3 Å². The number of hydrogen-bond acceptors (Lipinski definition) is 4. The summed E-state index contributed by atoms with van der Waals surface area (Å²) in [6, 6.07) is 0.00724. The summed E-state index contributed by atoms with van der Waals surface area (Å²) >= 11 is 0. The van der Waals surface area contributed by atoms with Crippen molar-refractivity contribution in [2.45, 2.75) is 76.1 Å². The standard InChI is InChI=1S/C18H30N2O4S/c1-11(2)12(3)19-17(22)14-8-18(9-14)10-15(6-7-25(18,23)24)20-16(21)13-4-5-13/h11-15H,4-10H2,1-3H3,(H,19,22)(H,20,21). The van der Waals surface area contributed by atoms with Crippen LogP contribution in [0.5, 0.6) is 0 Å². The first-order chi connectivity index (χ1) is 11.6. The van der Waals surface area contributed by atoms with Gasteiger partial charge in [-0.2, -0.15) is 0 Å². The molecule has 2 aliphatic carbocycles. The average Bonchev–Trinajstić information content (AvgIpc) is 3.31. The number of carbonyl (C=O) groups excluding carboxylic acids is 2. The second-order valence-corrected chi connectivity index (χ2v) is 11.1. The number of carbonyl (C=O) groups is 2. The first-order valence-electron chi connectivity index (χ1n) is 9.46. The second kappa shape index (κ2) is 6.56. The molecule has 6 nitrogen and oxygen atoms in total. The van der Waals surface area contributed by atoms with E-state index >= 15 is 0 Å². The van der Waals surface area contributed by atoms with Gasteiger partial charge in [0.15, 0.2) is 9.84 Å². The number of sulfone groups is 1. The molecule has 0 aromatic carbocycles. The van der Waals surface area contributed by atoms with E-state index in [1.54, 1.807) is 0 Å². The third-order valence-corrected chi connectivity index (χ3v) is 8.88. The third-order valence-electron chi connectivity index (χ3n) is 6.29. The molecule has 142 valence electrons. The van der Waals surface area contributed by atoms with E-state index in [1.165, 1.54) is 0 Å². The van der Waals surface area contributed by atoms with Gasteiger partial charge in [0.1, 0.15) is 0 Å². The van der Waals surface area contributed by atoms with E-state index in [-0.39, 0.29) is 41.5 Å². The Morgan fingerprint density at radius 2 is 1.60 bits per heavy atom. The predicted octanol–water partition coefficient (Wildman–Crippen LogP) is 1.40. The molecule has 1 heterocycles. The lowest BCUT2D eigenvalue weighted by atomic mass is 9.70. The van der Waals surface area contributed by atoms with Gasteiger partial charge < -0.3 is 10.6 Å². The Morgan fingerprint density at radius 1 is 0.960 bits per heavy atom. The molecule has 0 aromatic heterocycles. The van der Waals surface area contributed by atoms with E-state index in [2.05, 4.69) is 10.6 Å². The predicted molar refractivity (Wildman–Crippen MR) is 95.6 cm³/mol. The smallest absolute Gasteiger partial charge is 0.223 e. The molecule has 7 heteroatoms. The quantitative estimate of drug-likeness (QED) is 0.765. The van der Waals surface area contributed by atoms with Crippen molar-refractivity contribution in [2.24, 2.45) is 17.8 Å². The highest BCUT2D eigenvalue weighted by molar-refractivity contribution is 7.92. The Morgan fingerprint density at radius 3 is 2.16 bits per heavy atom. The lowest BCUT2D eigenvalue weighted by molar-refractivity contribution is -0.130. The van der Waals surface area contributed by atoms with Crippen LogP contribution >= 0.6 is 0 Å². The van der Waals surface area contributed by atoms with Crippen molar-refractivity contribution in [1.82, 2.24) is 10.6 Å². The molecule has 0 bridgehead atoms. The van der Waals surface area contributed by atoms with Crippen LogP contribution in [-0.2, 0) is 19.4 Å². The normalized spacial score (nSPS) is 35.0. The molecule has 3 rings (SSSR count). The van der Waals surface area contributed by atoms with Gasteiger partial charge in [-0.3, -0.25) is 9.59 Å². The van der Waals surface area contributed by atoms with Crippen molar-refractivity contribution in [3.8, 4) is 0 Å². The maximum atomic E-state index is 12.6. The Hall–Kier alpha value is -1.11. The molecule has 2 saturated carbocycles. The number of hydrogen-bond donors (Lipinski definition) is 2. The van der Waals surface area contributed by atoms with Crippen LogP contribution < -0.4 is 10.6 Å². The molecule has 3 aliphatic rings. The van der Waals surface area contributed by atoms with Crippen LogP contribution in [0.15, 0.2) is 0 Å². The van der Waals surface area contributed by atoms with Gasteiger partial charge in [-0.15, -0.1) is 0 Å². The lowest BCUT2D eigenvalue weighted by Gasteiger charge is -2.50. The van der Waals surface area contributed by atoms with Gasteiger partial charge >= 0.3 is 0 Å². The molecule has 2 N–H and O–H groups in total. The minimum atomic E-state index is -3.20. The van der Waals surface area contributed by atoms with Gasteiger partial charge in [0.05, 0.1) is 10.5 Å². The van der Waals surface area contributed by atoms with Crippen LogP contribution in [0.3, 0.4) is 0 Å². The Bertz CT molecular complexity index is 648. The average molecular weight is 371 g/mol. The zero-order valence-electron chi connectivity index (χ0n) is 15.4. The molecule has 0 radical (unpaired) electrons. The molecule has 3 fully saturated rings. The van der Waals surface area contributed by atoms with Crippen molar-refractivity contribution in [3.63, 3.8) is 0 Å². The molecule has 1 aliphatic heterocycles. The molecule has 0 aromatic rings. The lowest BCUT2D eigenvalue weighted by Crippen LogP contribution is -2.61. The molecule has 2 atom stereocenters. The zero-order valence-corrected chi connectivity index (χ0v) is 16.2. The fourth-order valence-corrected chi connectivity index (χ4v) is 6.33. The summed E-state index contributed by atoms with van der Waals surface area (Å²) in [4.78, 5) is 24.3. The van der Waals surface area contributed by atoms with Crippen molar-refractivity contribution in [3.05, 3.63) is 0 Å². The summed E-state index contributed by atoms with van der Waals surface area (Å²) in [5.41, 5.74) is 0. The monoisotopic (exact) mass is 370 g/mol. The number of rotatable bonds is 5. The highest BCUT2D eigenvalue weighted by Crippen LogP contribution is 2.50. The molecule has 2 amide bonds. The summed E-state index contributed by atoms with van der Waals surface area (Å²) in [6.07, 6.45) is 3.61. The van der Waals surface area contributed by atoms with Gasteiger partial charge in [0.25, 0.3) is 0 Å². The Kier molecular flexibility index (Phi) is 4.90. The SMILES string of the molecule is CC(C)C(C)NC(=O)C1CC2(CC(NC(=O)C3CC3)CCS2(=O)=O)C1. The highest BCUT2D eigenvalue weighted by atomic mass is 32.2. The molecule has 2 unspecified atom stereocenters. The molecule has 1 saturated heterocycles. The third kappa shape index (κ3) is 3.71. The summed E-state index contributed by atoms with van der Waals surface area (Å²) < 4.78 is 24.4. The van der Waals surface area contributed by atoms with E-state index in [0.29, 0.717) is 31.6 Å². The summed E-state index contributed by atoms with van der Waals surface area (Å²) in [7, 11) is -3.20. The minimum absolute atomic E-state index is 0.0360. The van der Waals surface area contributed by atoms with Gasteiger partial charge in [-0.25, -0.2) is 8.42 Å². The van der Waals surface area contributed by atoms with E-state index in [1.807, 2.05) is 20.8 Å². The Balaban J connectivity index is 1.59. The van der Waals surface area contributed by atoms with E-state index in [9.17, 15) is 18.0 Å². The molecule has 25 heavy (non-hydrogen) atoms. The maximum absolute atomic E-state index is 12.6. The van der Waals surface area contributed by atoms with Gasteiger partial charge in [0, 0.05) is 23.9 Å². The molecular formula is C18H30N2O4S. The van der Waals surface area contributed by atoms with Crippen LogP contribution in [-0.4, -0.2) is 42.8 Å². The summed E-state index contributed by atoms with van der Waals surface area (Å²) in [5.74, 6) is 0.392. The van der Waals surface area contributed by atoms with Crippen molar-refractivity contribution >= 4 is 21.7 Å². The van der Waals surface area contributed by atoms with Crippen LogP contribution in [0.4, 0.5) is 0 Å². The zero-order chi connectivity index (χ0) is 18.4. The van der Waals surface area contributed by atoms with E-state index in [4.69, 9.17) is 0 Å². The van der Waals surface area contributed by atoms with Crippen molar-refractivity contribution < 1.29 is 18.0 Å². The molecule has 1 spiro atoms. The largest absolute Gasteiger partial charge is 0.353 e. The first kappa shape index (κ1) is 18.7. The maximum Gasteiger partial charge on any atom is 0.223 e. The van der Waals surface area contributed by atoms with E-state index < -0.39 is 14.6 Å². The van der Waals surface area contributed by atoms with Gasteiger partial charge in [0.2, 0.25) is 11.8 Å². The van der Waals surface area contributed by atoms with Gasteiger partial charge in [-0.05, 0) is 51.4 Å². The van der Waals surface area contributed by atoms with Crippen molar-refractivity contribution in [1.29, 1.82) is 0 Å². The van der Waals surface area contributed by atoms with Crippen LogP contribution in [0.1, 0.15) is 59.3 Å². The first-order valence-corrected chi connectivity index (χ1v) is 11.1. The van der Waals surface area contributed by atoms with Crippen LogP contribution in [0, 0.1) is 17.8 Å². The fraction of sp³-hybridized carbons (Fsp3) is 0.889. The molecular weight excluding hydrogens is 340 g/mol. The number of nitrogens with one attached hydrogen (secondary N) is 2. The highest BCUT2D eigenvalue weighted by Gasteiger charge is 2.58. The Labute approximate surface area is 150 Å². The van der Waals surface area contributed by atoms with Crippen LogP contribution in [0.25, 0.3) is 0 Å². The summed E-state index contributed by atoms with van der Waals surface area (Å²) in [5, 5.41) is 6.02. The summed E-state index contributed by atoms with van der Waals surface area (Å²) in [6.45, 7) is 6.07. The minimum Gasteiger partial charge on any atom is -0.353 e.